The molecule has 0 radical (unpaired) electrons. The van der Waals surface area contributed by atoms with Crippen LogP contribution in [0.2, 0.25) is 0 Å². The zero-order valence-corrected chi connectivity index (χ0v) is 8.75. The summed E-state index contributed by atoms with van der Waals surface area (Å²) in [6, 6.07) is 8.78. The van der Waals surface area contributed by atoms with Crippen molar-refractivity contribution >= 4 is 22.7 Å². The molecule has 1 aliphatic carbocycles. The molecule has 0 unspecified atom stereocenters. The summed E-state index contributed by atoms with van der Waals surface area (Å²) < 4.78 is 2.24. The minimum Gasteiger partial charge on any atom is -0.0619 e. The van der Waals surface area contributed by atoms with Gasteiger partial charge in [-0.05, 0) is 12.0 Å². The van der Waals surface area contributed by atoms with Gasteiger partial charge in [0.25, 0.3) is 0 Å². The van der Waals surface area contributed by atoms with Crippen molar-refractivity contribution in [3.63, 3.8) is 0 Å². The number of benzene rings is 1. The van der Waals surface area contributed by atoms with Crippen molar-refractivity contribution in [2.75, 3.05) is 0 Å². The van der Waals surface area contributed by atoms with Gasteiger partial charge in [0.15, 0.2) is 4.88 Å². The molecule has 0 N–H and O–H groups in total. The van der Waals surface area contributed by atoms with Crippen molar-refractivity contribution in [1.29, 1.82) is 0 Å². The fraction of sp³-hybridized carbons (Fsp3) is 0.182. The van der Waals surface area contributed by atoms with Crippen LogP contribution in [0.4, 0.5) is 0 Å². The van der Waals surface area contributed by atoms with Crippen molar-refractivity contribution in [2.45, 2.75) is 12.8 Å². The number of rotatable bonds is 0. The molecule has 0 spiro atoms. The van der Waals surface area contributed by atoms with E-state index < -0.39 is 0 Å². The molecule has 2 heteroatoms. The molecule has 0 bridgehead atoms. The monoisotopic (exact) mass is 205 g/mol. The van der Waals surface area contributed by atoms with Gasteiger partial charge in [0.2, 0.25) is 4.69 Å². The first-order valence-corrected chi connectivity index (χ1v) is 6.17. The molecule has 0 amide bonds. The van der Waals surface area contributed by atoms with Crippen LogP contribution in [0.25, 0.3) is 10.4 Å². The summed E-state index contributed by atoms with van der Waals surface area (Å²) in [4.78, 5) is 3.08. The van der Waals surface area contributed by atoms with E-state index in [1.165, 1.54) is 28.8 Å². The molecule has 13 heavy (non-hydrogen) atoms. The summed E-state index contributed by atoms with van der Waals surface area (Å²) in [6.45, 7) is 0. The lowest BCUT2D eigenvalue weighted by atomic mass is 9.95. The van der Waals surface area contributed by atoms with Gasteiger partial charge < -0.3 is 0 Å². The maximum absolute atomic E-state index is 2.25. The quantitative estimate of drug-likeness (QED) is 0.573. The Morgan fingerprint density at radius 2 is 2.08 bits per heavy atom. The first kappa shape index (κ1) is 7.65. The third kappa shape index (κ3) is 1.13. The average Bonchev–Trinajstić information content (AvgIpc) is 2.65. The Morgan fingerprint density at radius 3 is 3.08 bits per heavy atom. The second kappa shape index (κ2) is 2.89. The van der Waals surface area contributed by atoms with Gasteiger partial charge in [-0.2, -0.15) is 0 Å². The zero-order valence-electron chi connectivity index (χ0n) is 7.12. The van der Waals surface area contributed by atoms with Gasteiger partial charge in [0, 0.05) is 12.0 Å². The van der Waals surface area contributed by atoms with E-state index in [9.17, 15) is 0 Å². The Bertz CT molecular complexity index is 443. The highest BCUT2D eigenvalue weighted by Gasteiger charge is 2.24. The lowest BCUT2D eigenvalue weighted by molar-refractivity contribution is 0.967. The topological polar surface area (TPSA) is 0 Å². The first-order chi connectivity index (χ1) is 6.45. The molecular weight excluding hydrogens is 196 g/mol. The molecule has 1 aliphatic rings. The molecule has 0 saturated carbocycles. The Balaban J connectivity index is 2.30. The smallest absolute Gasteiger partial charge is 0.0619 e. The molecule has 2 aromatic rings. The van der Waals surface area contributed by atoms with Gasteiger partial charge in [-0.3, -0.25) is 0 Å². The molecule has 64 valence electrons. The van der Waals surface area contributed by atoms with Gasteiger partial charge in [0.1, 0.15) is 4.88 Å². The number of aryl methyl sites for hydroxylation is 2. The standard InChI is InChI=1S/C11H9S2/c1-2-4-9-8(3-1)5-6-10-11(9)13-7-12-10/h1-4,7H,5-6H2/q+1. The summed E-state index contributed by atoms with van der Waals surface area (Å²) in [7, 11) is 0. The van der Waals surface area contributed by atoms with Gasteiger partial charge in [-0.25, -0.2) is 0 Å². The number of hydrogen-bond donors (Lipinski definition) is 0. The van der Waals surface area contributed by atoms with Gasteiger partial charge in [-0.15, -0.1) is 0 Å². The lowest BCUT2D eigenvalue weighted by Gasteiger charge is -2.09. The minimum atomic E-state index is 1.22. The fourth-order valence-corrected chi connectivity index (χ4v) is 4.17. The van der Waals surface area contributed by atoms with E-state index >= 15 is 0 Å². The Morgan fingerprint density at radius 1 is 1.15 bits per heavy atom. The summed E-state index contributed by atoms with van der Waals surface area (Å²) in [5.74, 6) is 0. The molecule has 0 nitrogen and oxygen atoms in total. The van der Waals surface area contributed by atoms with Gasteiger partial charge >= 0.3 is 0 Å². The molecule has 0 saturated heterocycles. The summed E-state index contributed by atoms with van der Waals surface area (Å²) in [5, 5.41) is 0. The van der Waals surface area contributed by atoms with E-state index in [4.69, 9.17) is 0 Å². The SMILES string of the molecule is c1ccc2c(c1)CCc1sc[s+]c1-2. The van der Waals surface area contributed by atoms with E-state index in [1.807, 2.05) is 22.7 Å². The van der Waals surface area contributed by atoms with Crippen LogP contribution in [0, 0.1) is 0 Å². The molecule has 0 atom stereocenters. The predicted molar refractivity (Wildman–Crippen MR) is 59.4 cm³/mol. The Hall–Kier alpha value is -0.730. The van der Waals surface area contributed by atoms with Crippen molar-refractivity contribution in [1.82, 2.24) is 0 Å². The summed E-state index contributed by atoms with van der Waals surface area (Å²) in [5.41, 5.74) is 2.99. The van der Waals surface area contributed by atoms with E-state index in [0.29, 0.717) is 0 Å². The third-order valence-electron chi connectivity index (χ3n) is 2.49. The van der Waals surface area contributed by atoms with Crippen LogP contribution in [0.3, 0.4) is 0 Å². The predicted octanol–water partition coefficient (Wildman–Crippen LogP) is 3.86. The minimum absolute atomic E-state index is 1.22. The molecule has 3 rings (SSSR count). The van der Waals surface area contributed by atoms with E-state index in [0.717, 1.165) is 0 Å². The zero-order chi connectivity index (χ0) is 8.67. The van der Waals surface area contributed by atoms with E-state index in [1.54, 1.807) is 4.88 Å². The second-order valence-electron chi connectivity index (χ2n) is 3.24. The van der Waals surface area contributed by atoms with Crippen LogP contribution in [0.5, 0.6) is 0 Å². The van der Waals surface area contributed by atoms with Crippen LogP contribution in [-0.2, 0) is 12.8 Å². The maximum atomic E-state index is 2.25. The van der Waals surface area contributed by atoms with Crippen molar-refractivity contribution in [2.24, 2.45) is 0 Å². The largest absolute Gasteiger partial charge is 0.243 e. The molecule has 1 aromatic carbocycles. The lowest BCUT2D eigenvalue weighted by Crippen LogP contribution is -1.99. The third-order valence-corrected chi connectivity index (χ3v) is 4.79. The molecule has 1 aromatic heterocycles. The maximum Gasteiger partial charge on any atom is 0.243 e. The number of hydrogen-bond acceptors (Lipinski definition) is 1. The summed E-state index contributed by atoms with van der Waals surface area (Å²) in [6.07, 6.45) is 2.46. The van der Waals surface area contributed by atoms with Crippen LogP contribution in [-0.4, -0.2) is 0 Å². The van der Waals surface area contributed by atoms with E-state index in [2.05, 4.69) is 29.0 Å². The summed E-state index contributed by atoms with van der Waals surface area (Å²) >= 11 is 3.79. The van der Waals surface area contributed by atoms with E-state index in [-0.39, 0.29) is 0 Å². The van der Waals surface area contributed by atoms with Crippen LogP contribution >= 0.6 is 22.7 Å². The van der Waals surface area contributed by atoms with Crippen molar-refractivity contribution < 1.29 is 0 Å². The normalized spacial score (nSPS) is 13.5. The Labute approximate surface area is 85.5 Å². The Kier molecular flexibility index (Phi) is 1.70. The molecule has 0 fully saturated rings. The molecular formula is C11H9S2+. The highest BCUT2D eigenvalue weighted by Crippen LogP contribution is 2.39. The van der Waals surface area contributed by atoms with Crippen molar-refractivity contribution in [3.8, 4) is 10.4 Å². The fourth-order valence-electron chi connectivity index (χ4n) is 1.84. The average molecular weight is 205 g/mol. The van der Waals surface area contributed by atoms with Gasteiger partial charge in [0.05, 0.1) is 22.7 Å². The number of fused-ring (bicyclic) bond motifs is 3. The van der Waals surface area contributed by atoms with Crippen molar-refractivity contribution in [3.05, 3.63) is 39.4 Å². The first-order valence-electron chi connectivity index (χ1n) is 4.41. The van der Waals surface area contributed by atoms with Gasteiger partial charge in [-0.1, -0.05) is 24.3 Å². The van der Waals surface area contributed by atoms with Crippen LogP contribution in [0.15, 0.2) is 29.0 Å². The molecule has 0 aliphatic heterocycles. The second-order valence-corrected chi connectivity index (χ2v) is 5.38. The van der Waals surface area contributed by atoms with Crippen LogP contribution in [0.1, 0.15) is 10.4 Å². The highest BCUT2D eigenvalue weighted by molar-refractivity contribution is 7.30. The molecule has 1 heterocycles. The van der Waals surface area contributed by atoms with Crippen LogP contribution < -0.4 is 0 Å². The highest BCUT2D eigenvalue weighted by atomic mass is 32.2.